The van der Waals surface area contributed by atoms with Gasteiger partial charge in [0.25, 0.3) is 0 Å². The van der Waals surface area contributed by atoms with Crippen molar-refractivity contribution < 1.29 is 23.4 Å². The Morgan fingerprint density at radius 1 is 1.26 bits per heavy atom. The number of nitrogens with zero attached hydrogens (tertiary/aromatic N) is 4. The second-order valence-electron chi connectivity index (χ2n) is 7.38. The van der Waals surface area contributed by atoms with Gasteiger partial charge in [0.1, 0.15) is 24.2 Å². The number of hydrogen-bond donors (Lipinski definition) is 2. The van der Waals surface area contributed by atoms with Crippen LogP contribution in [0.15, 0.2) is 43.0 Å². The van der Waals surface area contributed by atoms with Gasteiger partial charge in [0.05, 0.1) is 31.7 Å². The third kappa shape index (κ3) is 4.22. The molecule has 3 N–H and O–H groups in total. The largest absolute Gasteiger partial charge is 0.390 e. The maximum Gasteiger partial charge on any atom is 0.327 e. The molecule has 0 bridgehead atoms. The van der Waals surface area contributed by atoms with Gasteiger partial charge >= 0.3 is 6.72 Å². The number of aromatic nitrogens is 4. The van der Waals surface area contributed by atoms with Crippen LogP contribution in [0, 0.1) is 0 Å². The summed E-state index contributed by atoms with van der Waals surface area (Å²) < 4.78 is 25.3. The summed E-state index contributed by atoms with van der Waals surface area (Å²) in [5, 5.41) is 10.5. The Labute approximate surface area is 183 Å². The minimum atomic E-state index is -2.95. The summed E-state index contributed by atoms with van der Waals surface area (Å²) in [4.78, 5) is 12.4. The molecule has 2 fully saturated rings. The fourth-order valence-electron chi connectivity index (χ4n) is 3.75. The second kappa shape index (κ2) is 8.51. The summed E-state index contributed by atoms with van der Waals surface area (Å²) in [6.07, 6.45) is 2.02. The van der Waals surface area contributed by atoms with Crippen molar-refractivity contribution in [1.29, 1.82) is 0 Å². The van der Waals surface area contributed by atoms with E-state index < -0.39 is 25.2 Å². The molecule has 164 valence electrons. The lowest BCUT2D eigenvalue weighted by Crippen LogP contribution is -2.27. The molecule has 0 aliphatic carbocycles. The maximum absolute atomic E-state index is 10.5. The van der Waals surface area contributed by atoms with Crippen molar-refractivity contribution >= 4 is 35.5 Å². The number of ether oxygens (including phenoxy) is 1. The number of benzene rings is 1. The van der Waals surface area contributed by atoms with Gasteiger partial charge in [0.15, 0.2) is 11.5 Å². The van der Waals surface area contributed by atoms with Crippen molar-refractivity contribution in [1.82, 2.24) is 19.5 Å². The highest BCUT2D eigenvalue weighted by molar-refractivity contribution is 8.07. The number of anilines is 1. The monoisotopic (exact) mass is 463 g/mol. The normalized spacial score (nSPS) is 31.3. The van der Waals surface area contributed by atoms with Crippen molar-refractivity contribution in [3.63, 3.8) is 0 Å². The Morgan fingerprint density at radius 2 is 2.10 bits per heavy atom. The van der Waals surface area contributed by atoms with E-state index in [1.165, 1.54) is 6.33 Å². The van der Waals surface area contributed by atoms with Crippen molar-refractivity contribution in [2.45, 2.75) is 37.4 Å². The molecule has 2 aromatic heterocycles. The van der Waals surface area contributed by atoms with Gasteiger partial charge < -0.3 is 29.1 Å². The molecule has 3 aromatic rings. The van der Waals surface area contributed by atoms with Crippen molar-refractivity contribution in [2.24, 2.45) is 0 Å². The van der Waals surface area contributed by atoms with E-state index in [-0.39, 0.29) is 12.7 Å². The number of hydrogen-bond acceptors (Lipinski definition) is 10. The standard InChI is InChI=1S/C19H22N5O5PS/c20-18-17-19(22-10-21-18)24(11-23-17)16-8-13(25)15(28-16)9-27-30(31)26-7-6-14(29-30)12-4-2-1-3-5-12/h1-5,10-11,13-16,25H,6-9H2,(H2,20,21,22)/t13-,14?,15-,16-,30?/m1/s1. The van der Waals surface area contributed by atoms with Crippen molar-refractivity contribution in [2.75, 3.05) is 18.9 Å². The second-order valence-corrected chi connectivity index (χ2v) is 10.3. The molecule has 1 aromatic carbocycles. The number of rotatable bonds is 5. The van der Waals surface area contributed by atoms with Crippen LogP contribution in [0.5, 0.6) is 0 Å². The molecule has 31 heavy (non-hydrogen) atoms. The molecule has 2 unspecified atom stereocenters. The van der Waals surface area contributed by atoms with E-state index in [1.807, 2.05) is 30.3 Å². The minimum absolute atomic E-state index is 0.0558. The van der Waals surface area contributed by atoms with Gasteiger partial charge in [-0.25, -0.2) is 15.0 Å². The summed E-state index contributed by atoms with van der Waals surface area (Å²) >= 11 is 5.55. The maximum atomic E-state index is 10.5. The lowest BCUT2D eigenvalue weighted by atomic mass is 10.1. The molecule has 4 heterocycles. The van der Waals surface area contributed by atoms with E-state index in [4.69, 9.17) is 35.8 Å². The van der Waals surface area contributed by atoms with E-state index in [1.54, 1.807) is 10.9 Å². The van der Waals surface area contributed by atoms with Crippen LogP contribution >= 0.6 is 6.72 Å². The van der Waals surface area contributed by atoms with E-state index in [0.717, 1.165) is 5.56 Å². The van der Waals surface area contributed by atoms with Gasteiger partial charge in [-0.3, -0.25) is 4.57 Å². The number of aliphatic hydroxyl groups excluding tert-OH is 1. The number of fused-ring (bicyclic) bond motifs is 1. The van der Waals surface area contributed by atoms with Crippen LogP contribution in [0.4, 0.5) is 5.82 Å². The molecule has 5 rings (SSSR count). The average Bonchev–Trinajstić information content (AvgIpc) is 3.37. The van der Waals surface area contributed by atoms with Crippen LogP contribution in [0.3, 0.4) is 0 Å². The molecule has 0 saturated carbocycles. The molecule has 10 nitrogen and oxygen atoms in total. The molecule has 5 atom stereocenters. The van der Waals surface area contributed by atoms with Crippen LogP contribution in [0.25, 0.3) is 11.2 Å². The third-order valence-electron chi connectivity index (χ3n) is 5.36. The smallest absolute Gasteiger partial charge is 0.327 e. The Balaban J connectivity index is 1.24. The summed E-state index contributed by atoms with van der Waals surface area (Å²) in [7, 11) is 0. The van der Waals surface area contributed by atoms with Gasteiger partial charge in [-0.2, -0.15) is 0 Å². The lowest BCUT2D eigenvalue weighted by Gasteiger charge is -2.32. The molecule has 2 aliphatic heterocycles. The highest BCUT2D eigenvalue weighted by Gasteiger charge is 2.39. The van der Waals surface area contributed by atoms with Crippen molar-refractivity contribution in [3.8, 4) is 0 Å². The first-order chi connectivity index (χ1) is 15.0. The first-order valence-corrected chi connectivity index (χ1v) is 12.5. The highest BCUT2D eigenvalue weighted by atomic mass is 32.5. The van der Waals surface area contributed by atoms with Crippen LogP contribution in [-0.4, -0.2) is 50.0 Å². The van der Waals surface area contributed by atoms with Gasteiger partial charge in [0, 0.05) is 12.8 Å². The topological polar surface area (TPSA) is 127 Å². The van der Waals surface area contributed by atoms with Gasteiger partial charge in [-0.05, 0) is 17.4 Å². The van der Waals surface area contributed by atoms with E-state index in [0.29, 0.717) is 36.4 Å². The molecule has 2 aliphatic rings. The summed E-state index contributed by atoms with van der Waals surface area (Å²) in [5.41, 5.74) is 7.92. The SMILES string of the molecule is Nc1ncnc2c1ncn2[C@H]1C[C@@H](O)[C@@H](COP2(=S)OCCC(c3ccccc3)O2)O1. The number of imidazole rings is 1. The first kappa shape index (κ1) is 20.9. The first-order valence-electron chi connectivity index (χ1n) is 9.91. The Hall–Kier alpha value is -1.98. The molecule has 12 heteroatoms. The Bertz CT molecular complexity index is 1120. The Morgan fingerprint density at radius 3 is 2.94 bits per heavy atom. The van der Waals surface area contributed by atoms with Gasteiger partial charge in [-0.15, -0.1) is 0 Å². The fraction of sp³-hybridized carbons (Fsp3) is 0.421. The van der Waals surface area contributed by atoms with Crippen molar-refractivity contribution in [3.05, 3.63) is 48.5 Å². The molecule has 0 amide bonds. The number of nitrogen functional groups attached to an aromatic ring is 1. The fourth-order valence-corrected chi connectivity index (χ4v) is 5.87. The summed E-state index contributed by atoms with van der Waals surface area (Å²) in [5.74, 6) is 0.291. The molecular formula is C19H22N5O5PS. The zero-order chi connectivity index (χ0) is 21.4. The number of nitrogens with two attached hydrogens (primary N) is 1. The Kier molecular flexibility index (Phi) is 5.74. The zero-order valence-corrected chi connectivity index (χ0v) is 18.2. The van der Waals surface area contributed by atoms with E-state index in [9.17, 15) is 5.11 Å². The molecule has 2 saturated heterocycles. The van der Waals surface area contributed by atoms with E-state index >= 15 is 0 Å². The highest BCUT2D eigenvalue weighted by Crippen LogP contribution is 2.57. The molecule has 0 spiro atoms. The van der Waals surface area contributed by atoms with Crippen LogP contribution in [0.2, 0.25) is 0 Å². The van der Waals surface area contributed by atoms with Crippen LogP contribution < -0.4 is 5.73 Å². The molecular weight excluding hydrogens is 441 g/mol. The predicted octanol–water partition coefficient (Wildman–Crippen LogP) is 2.48. The summed E-state index contributed by atoms with van der Waals surface area (Å²) in [6, 6.07) is 9.86. The van der Waals surface area contributed by atoms with Crippen LogP contribution in [-0.2, 0) is 30.1 Å². The minimum Gasteiger partial charge on any atom is -0.390 e. The predicted molar refractivity (Wildman–Crippen MR) is 115 cm³/mol. The average molecular weight is 463 g/mol. The third-order valence-corrected chi connectivity index (χ3v) is 7.72. The summed E-state index contributed by atoms with van der Waals surface area (Å²) in [6.45, 7) is -2.44. The quantitative estimate of drug-likeness (QED) is 0.545. The van der Waals surface area contributed by atoms with Crippen LogP contribution in [0.1, 0.15) is 30.7 Å². The number of aliphatic hydroxyl groups is 1. The zero-order valence-electron chi connectivity index (χ0n) is 16.5. The van der Waals surface area contributed by atoms with Gasteiger partial charge in [-0.1, -0.05) is 30.3 Å². The van der Waals surface area contributed by atoms with Gasteiger partial charge in [0.2, 0.25) is 0 Å². The molecule has 0 radical (unpaired) electrons. The van der Waals surface area contributed by atoms with E-state index in [2.05, 4.69) is 15.0 Å². The lowest BCUT2D eigenvalue weighted by molar-refractivity contribution is -0.0467.